The summed E-state index contributed by atoms with van der Waals surface area (Å²) in [4.78, 5) is 40.2. The third kappa shape index (κ3) is 3.56. The number of benzene rings is 2. The second-order valence-corrected chi connectivity index (χ2v) is 7.82. The Morgan fingerprint density at radius 1 is 0.938 bits per heavy atom. The van der Waals surface area contributed by atoms with Crippen LogP contribution in [-0.2, 0) is 4.79 Å². The van der Waals surface area contributed by atoms with Crippen molar-refractivity contribution in [3.63, 3.8) is 0 Å². The molecule has 8 nitrogen and oxygen atoms in total. The number of aromatic nitrogens is 2. The summed E-state index contributed by atoms with van der Waals surface area (Å²) < 4.78 is 0.987. The van der Waals surface area contributed by atoms with Crippen LogP contribution in [0.5, 0.6) is 5.88 Å². The third-order valence-corrected chi connectivity index (χ3v) is 5.34. The van der Waals surface area contributed by atoms with Gasteiger partial charge in [0.15, 0.2) is 0 Å². The van der Waals surface area contributed by atoms with Crippen LogP contribution < -0.4 is 16.3 Å². The van der Waals surface area contributed by atoms with Crippen LogP contribution in [0.2, 0.25) is 0 Å². The number of nitrogens with zero attached hydrogens (tertiary/aromatic N) is 3. The first-order valence-electron chi connectivity index (χ1n) is 10.0. The number of hydrogen-bond acceptors (Lipinski definition) is 5. The summed E-state index contributed by atoms with van der Waals surface area (Å²) in [5.41, 5.74) is 2.69. The Bertz CT molecular complexity index is 1430. The number of carbonyl (C=O) groups excluding carboxylic acids is 1. The van der Waals surface area contributed by atoms with Crippen LogP contribution in [0.15, 0.2) is 62.7 Å². The van der Waals surface area contributed by atoms with Crippen LogP contribution in [-0.4, -0.2) is 26.3 Å². The van der Waals surface area contributed by atoms with Crippen LogP contribution in [0.3, 0.4) is 0 Å². The SMILES string of the molecule is CC1=NN(c2ccc(C)cc2C)C(=O)/C1=C\c1c(O)n(-c2ccc(C)cc2)c(=O)[nH]c1=O. The van der Waals surface area contributed by atoms with Gasteiger partial charge in [0, 0.05) is 0 Å². The monoisotopic (exact) mass is 430 g/mol. The molecule has 4 rings (SSSR count). The van der Waals surface area contributed by atoms with Gasteiger partial charge in [-0.15, -0.1) is 0 Å². The number of nitrogens with one attached hydrogen (secondary N) is 1. The number of aryl methyl sites for hydroxylation is 3. The Hall–Kier alpha value is -4.20. The maximum absolute atomic E-state index is 13.1. The fraction of sp³-hybridized carbons (Fsp3) is 0.167. The highest BCUT2D eigenvalue weighted by Crippen LogP contribution is 2.29. The molecule has 32 heavy (non-hydrogen) atoms. The molecule has 2 N–H and O–H groups in total. The van der Waals surface area contributed by atoms with Gasteiger partial charge in [-0.2, -0.15) is 10.1 Å². The second-order valence-electron chi connectivity index (χ2n) is 7.82. The summed E-state index contributed by atoms with van der Waals surface area (Å²) in [6.07, 6.45) is 1.27. The molecule has 1 aliphatic heterocycles. The molecule has 0 bridgehead atoms. The van der Waals surface area contributed by atoms with Gasteiger partial charge in [0.2, 0.25) is 5.88 Å². The van der Waals surface area contributed by atoms with E-state index in [0.29, 0.717) is 17.1 Å². The lowest BCUT2D eigenvalue weighted by molar-refractivity contribution is -0.114. The number of rotatable bonds is 3. The number of hydrazone groups is 1. The molecule has 0 saturated heterocycles. The summed E-state index contributed by atoms with van der Waals surface area (Å²) in [6.45, 7) is 7.38. The summed E-state index contributed by atoms with van der Waals surface area (Å²) >= 11 is 0. The van der Waals surface area contributed by atoms with Crippen molar-refractivity contribution in [2.75, 3.05) is 5.01 Å². The highest BCUT2D eigenvalue weighted by Gasteiger charge is 2.30. The first-order valence-corrected chi connectivity index (χ1v) is 10.0. The highest BCUT2D eigenvalue weighted by molar-refractivity contribution is 6.32. The normalized spacial score (nSPS) is 14.9. The van der Waals surface area contributed by atoms with Crippen molar-refractivity contribution >= 4 is 23.4 Å². The molecule has 0 spiro atoms. The minimum Gasteiger partial charge on any atom is -0.494 e. The fourth-order valence-corrected chi connectivity index (χ4v) is 3.64. The molecule has 162 valence electrons. The molecule has 0 fully saturated rings. The molecule has 0 aliphatic carbocycles. The van der Waals surface area contributed by atoms with E-state index in [-0.39, 0.29) is 11.1 Å². The minimum atomic E-state index is -0.797. The molecule has 2 heterocycles. The minimum absolute atomic E-state index is 0.153. The molecule has 0 saturated carbocycles. The zero-order valence-electron chi connectivity index (χ0n) is 18.1. The van der Waals surface area contributed by atoms with Gasteiger partial charge in [-0.05, 0) is 57.5 Å². The van der Waals surface area contributed by atoms with E-state index in [4.69, 9.17) is 0 Å². The zero-order valence-corrected chi connectivity index (χ0v) is 18.1. The van der Waals surface area contributed by atoms with Crippen LogP contribution in [0.25, 0.3) is 11.8 Å². The summed E-state index contributed by atoms with van der Waals surface area (Å²) in [5.74, 6) is -0.984. The van der Waals surface area contributed by atoms with Crippen LogP contribution in [0.4, 0.5) is 5.69 Å². The highest BCUT2D eigenvalue weighted by atomic mass is 16.3. The van der Waals surface area contributed by atoms with E-state index in [9.17, 15) is 19.5 Å². The molecule has 0 radical (unpaired) electrons. The van der Waals surface area contributed by atoms with Gasteiger partial charge in [-0.3, -0.25) is 14.6 Å². The third-order valence-electron chi connectivity index (χ3n) is 5.34. The number of anilines is 1. The van der Waals surface area contributed by atoms with Crippen molar-refractivity contribution in [3.8, 4) is 11.6 Å². The van der Waals surface area contributed by atoms with Crippen molar-refractivity contribution in [1.29, 1.82) is 0 Å². The number of hydrogen-bond donors (Lipinski definition) is 2. The fourth-order valence-electron chi connectivity index (χ4n) is 3.64. The van der Waals surface area contributed by atoms with Crippen molar-refractivity contribution in [2.45, 2.75) is 27.7 Å². The lowest BCUT2D eigenvalue weighted by Gasteiger charge is -2.15. The molecule has 2 aromatic carbocycles. The largest absolute Gasteiger partial charge is 0.494 e. The van der Waals surface area contributed by atoms with E-state index in [2.05, 4.69) is 10.1 Å². The summed E-state index contributed by atoms with van der Waals surface area (Å²) in [7, 11) is 0. The Morgan fingerprint density at radius 2 is 1.59 bits per heavy atom. The maximum atomic E-state index is 13.1. The average molecular weight is 430 g/mol. The molecule has 3 aromatic rings. The van der Waals surface area contributed by atoms with E-state index in [0.717, 1.165) is 21.3 Å². The maximum Gasteiger partial charge on any atom is 0.335 e. The van der Waals surface area contributed by atoms with Crippen molar-refractivity contribution in [1.82, 2.24) is 9.55 Å². The number of H-pyrrole nitrogens is 1. The standard InChI is InChI=1S/C24H22N4O4/c1-13-5-8-17(9-6-13)27-22(30)19(21(29)25-24(27)32)12-18-16(4)26-28(23(18)31)20-10-7-14(2)11-15(20)3/h5-12,30H,1-4H3,(H,25,29,32)/b18-12-. The Morgan fingerprint density at radius 3 is 2.25 bits per heavy atom. The quantitative estimate of drug-likeness (QED) is 0.623. The van der Waals surface area contributed by atoms with Crippen LogP contribution in [0.1, 0.15) is 29.2 Å². The van der Waals surface area contributed by atoms with E-state index >= 15 is 0 Å². The lowest BCUT2D eigenvalue weighted by atomic mass is 10.1. The van der Waals surface area contributed by atoms with Crippen LogP contribution >= 0.6 is 0 Å². The lowest BCUT2D eigenvalue weighted by Crippen LogP contribution is -2.30. The number of amides is 1. The number of aromatic hydroxyl groups is 1. The number of aromatic amines is 1. The molecule has 0 unspecified atom stereocenters. The number of carbonyl (C=O) groups is 1. The van der Waals surface area contributed by atoms with Crippen molar-refractivity contribution in [3.05, 3.63) is 91.1 Å². The van der Waals surface area contributed by atoms with Crippen molar-refractivity contribution < 1.29 is 9.90 Å². The topological polar surface area (TPSA) is 108 Å². The Kier molecular flexibility index (Phi) is 5.14. The van der Waals surface area contributed by atoms with Gasteiger partial charge in [0.25, 0.3) is 11.5 Å². The second kappa shape index (κ2) is 7.81. The zero-order chi connectivity index (χ0) is 23.2. The average Bonchev–Trinajstić information content (AvgIpc) is 3.00. The molecule has 0 atom stereocenters. The van der Waals surface area contributed by atoms with Gasteiger partial charge >= 0.3 is 5.69 Å². The predicted octanol–water partition coefficient (Wildman–Crippen LogP) is 2.96. The van der Waals surface area contributed by atoms with E-state index < -0.39 is 23.0 Å². The van der Waals surface area contributed by atoms with Gasteiger partial charge in [0.05, 0.1) is 22.7 Å². The van der Waals surface area contributed by atoms with Crippen LogP contribution in [0, 0.1) is 20.8 Å². The van der Waals surface area contributed by atoms with E-state index in [1.54, 1.807) is 31.2 Å². The van der Waals surface area contributed by atoms with Gasteiger partial charge in [-0.25, -0.2) is 9.36 Å². The molecular formula is C24H22N4O4. The van der Waals surface area contributed by atoms with E-state index in [1.165, 1.54) is 11.1 Å². The smallest absolute Gasteiger partial charge is 0.335 e. The van der Waals surface area contributed by atoms with Gasteiger partial charge in [0.1, 0.15) is 5.56 Å². The summed E-state index contributed by atoms with van der Waals surface area (Å²) in [5, 5.41) is 16.4. The van der Waals surface area contributed by atoms with Gasteiger partial charge < -0.3 is 5.11 Å². The van der Waals surface area contributed by atoms with E-state index in [1.807, 2.05) is 39.0 Å². The predicted molar refractivity (Wildman–Crippen MR) is 124 cm³/mol. The van der Waals surface area contributed by atoms with Gasteiger partial charge in [-0.1, -0.05) is 35.4 Å². The molecule has 1 aliphatic rings. The Balaban J connectivity index is 1.82. The molecule has 1 amide bonds. The first-order chi connectivity index (χ1) is 15.2. The Labute approximate surface area is 183 Å². The molecule has 1 aromatic heterocycles. The summed E-state index contributed by atoms with van der Waals surface area (Å²) in [6, 6.07) is 12.5. The van der Waals surface area contributed by atoms with Crippen molar-refractivity contribution in [2.24, 2.45) is 5.10 Å². The molecule has 8 heteroatoms. The molecular weight excluding hydrogens is 408 g/mol. The first kappa shape index (κ1) is 21.0.